The summed E-state index contributed by atoms with van der Waals surface area (Å²) in [4.78, 5) is 12.0. The number of benzene rings is 1. The minimum atomic E-state index is -4.66. The molecule has 1 unspecified atom stereocenters. The van der Waals surface area contributed by atoms with Gasteiger partial charge in [-0.1, -0.05) is 13.8 Å². The van der Waals surface area contributed by atoms with E-state index in [1.807, 2.05) is 6.07 Å². The fourth-order valence-electron chi connectivity index (χ4n) is 1.98. The zero-order chi connectivity index (χ0) is 20.0. The Morgan fingerprint density at radius 1 is 1.38 bits per heavy atom. The summed E-state index contributed by atoms with van der Waals surface area (Å²) in [6.45, 7) is 4.17. The van der Waals surface area contributed by atoms with Crippen LogP contribution in [0.3, 0.4) is 0 Å². The number of carbonyl (C=O) groups is 1. The van der Waals surface area contributed by atoms with Gasteiger partial charge >= 0.3 is 6.18 Å². The largest absolute Gasteiger partial charge is 0.491 e. The monoisotopic (exact) mass is 373 g/mol. The summed E-state index contributed by atoms with van der Waals surface area (Å²) >= 11 is 0. The van der Waals surface area contributed by atoms with Crippen molar-refractivity contribution < 1.29 is 27.8 Å². The SMILES string of the molecule is CC(C)C(C)(C#N)NC(=O)CNc1ccc(OCCO)cc1C(F)(F)F. The van der Waals surface area contributed by atoms with Crippen molar-refractivity contribution in [3.8, 4) is 11.8 Å². The minimum absolute atomic E-state index is 0.0433. The number of hydrogen-bond donors (Lipinski definition) is 3. The highest BCUT2D eigenvalue weighted by Crippen LogP contribution is 2.37. The highest BCUT2D eigenvalue weighted by Gasteiger charge is 2.34. The van der Waals surface area contributed by atoms with E-state index >= 15 is 0 Å². The lowest BCUT2D eigenvalue weighted by molar-refractivity contribution is -0.137. The zero-order valence-electron chi connectivity index (χ0n) is 14.8. The third kappa shape index (κ3) is 5.81. The molecule has 144 valence electrons. The lowest BCUT2D eigenvalue weighted by Crippen LogP contribution is -2.50. The molecule has 1 atom stereocenters. The third-order valence-electron chi connectivity index (χ3n) is 3.88. The number of alkyl halides is 3. The Labute approximate surface area is 150 Å². The minimum Gasteiger partial charge on any atom is -0.491 e. The molecule has 1 aromatic carbocycles. The Bertz CT molecular complexity index is 671. The molecular formula is C17H22F3N3O3. The fraction of sp³-hybridized carbons (Fsp3) is 0.529. The number of anilines is 1. The molecule has 26 heavy (non-hydrogen) atoms. The maximum Gasteiger partial charge on any atom is 0.418 e. The molecule has 0 aliphatic carbocycles. The molecule has 0 saturated carbocycles. The number of ether oxygens (including phenoxy) is 1. The second-order valence-electron chi connectivity index (χ2n) is 6.15. The number of nitriles is 1. The van der Waals surface area contributed by atoms with Gasteiger partial charge in [0.15, 0.2) is 0 Å². The summed E-state index contributed by atoms with van der Waals surface area (Å²) in [6.07, 6.45) is -4.66. The highest BCUT2D eigenvalue weighted by atomic mass is 19.4. The van der Waals surface area contributed by atoms with E-state index in [-0.39, 0.29) is 30.6 Å². The van der Waals surface area contributed by atoms with E-state index in [1.165, 1.54) is 6.07 Å². The van der Waals surface area contributed by atoms with E-state index in [4.69, 9.17) is 9.84 Å². The van der Waals surface area contributed by atoms with Crippen molar-refractivity contribution in [3.63, 3.8) is 0 Å². The maximum absolute atomic E-state index is 13.2. The molecule has 6 nitrogen and oxygen atoms in total. The van der Waals surface area contributed by atoms with E-state index in [0.717, 1.165) is 12.1 Å². The van der Waals surface area contributed by atoms with Crippen LogP contribution in [0.4, 0.5) is 18.9 Å². The van der Waals surface area contributed by atoms with Crippen LogP contribution in [0.15, 0.2) is 18.2 Å². The van der Waals surface area contributed by atoms with Gasteiger partial charge in [0, 0.05) is 5.69 Å². The second kappa shape index (κ2) is 8.76. The molecule has 0 bridgehead atoms. The number of rotatable bonds is 8. The number of carbonyl (C=O) groups excluding carboxylic acids is 1. The van der Waals surface area contributed by atoms with Crippen LogP contribution >= 0.6 is 0 Å². The number of nitrogens with zero attached hydrogens (tertiary/aromatic N) is 1. The quantitative estimate of drug-likeness (QED) is 0.651. The first kappa shape index (κ1) is 21.6. The standard InChI is InChI=1S/C17H22F3N3O3/c1-11(2)16(3,10-21)23-15(25)9-22-14-5-4-12(26-7-6-24)8-13(14)17(18,19)20/h4-5,8,11,22,24H,6-7,9H2,1-3H3,(H,23,25). The Balaban J connectivity index is 2.89. The van der Waals surface area contributed by atoms with Gasteiger partial charge in [-0.15, -0.1) is 0 Å². The molecule has 0 radical (unpaired) electrons. The number of nitrogens with one attached hydrogen (secondary N) is 2. The van der Waals surface area contributed by atoms with Gasteiger partial charge in [-0.3, -0.25) is 4.79 Å². The summed E-state index contributed by atoms with van der Waals surface area (Å²) in [5, 5.41) is 22.8. The van der Waals surface area contributed by atoms with Crippen molar-refractivity contribution >= 4 is 11.6 Å². The van der Waals surface area contributed by atoms with Gasteiger partial charge in [0.1, 0.15) is 17.9 Å². The predicted molar refractivity (Wildman–Crippen MR) is 89.5 cm³/mol. The van der Waals surface area contributed by atoms with Crippen molar-refractivity contribution in [2.75, 3.05) is 25.1 Å². The summed E-state index contributed by atoms with van der Waals surface area (Å²) in [5.41, 5.74) is -2.40. The van der Waals surface area contributed by atoms with Crippen LogP contribution in [0, 0.1) is 17.2 Å². The van der Waals surface area contributed by atoms with Gasteiger partial charge in [-0.05, 0) is 31.0 Å². The van der Waals surface area contributed by atoms with Gasteiger partial charge in [-0.2, -0.15) is 18.4 Å². The molecule has 0 saturated heterocycles. The van der Waals surface area contributed by atoms with E-state index in [9.17, 15) is 23.2 Å². The van der Waals surface area contributed by atoms with Crippen LogP contribution in [0.2, 0.25) is 0 Å². The van der Waals surface area contributed by atoms with E-state index in [0.29, 0.717) is 0 Å². The Hall–Kier alpha value is -2.47. The Kier molecular flexibility index (Phi) is 7.27. The molecule has 0 aliphatic heterocycles. The van der Waals surface area contributed by atoms with Crippen LogP contribution in [-0.2, 0) is 11.0 Å². The zero-order valence-corrected chi connectivity index (χ0v) is 14.8. The second-order valence-corrected chi connectivity index (χ2v) is 6.15. The first-order valence-electron chi connectivity index (χ1n) is 7.94. The number of aliphatic hydroxyl groups excluding tert-OH is 1. The Morgan fingerprint density at radius 3 is 2.54 bits per heavy atom. The predicted octanol–water partition coefficient (Wildman–Crippen LogP) is 2.54. The van der Waals surface area contributed by atoms with Crippen LogP contribution in [0.1, 0.15) is 26.3 Å². The first-order valence-corrected chi connectivity index (χ1v) is 7.94. The molecule has 3 N–H and O–H groups in total. The molecule has 1 aromatic rings. The molecule has 0 fully saturated rings. The molecule has 0 spiro atoms. The molecule has 1 rings (SSSR count). The maximum atomic E-state index is 13.2. The number of hydrogen-bond acceptors (Lipinski definition) is 5. The van der Waals surface area contributed by atoms with Gasteiger partial charge in [0.05, 0.1) is 24.8 Å². The van der Waals surface area contributed by atoms with Crippen LogP contribution < -0.4 is 15.4 Å². The normalized spacial score (nSPS) is 13.7. The highest BCUT2D eigenvalue weighted by molar-refractivity contribution is 5.82. The van der Waals surface area contributed by atoms with Gasteiger partial charge in [0.25, 0.3) is 0 Å². The molecule has 1 amide bonds. The first-order chi connectivity index (χ1) is 12.0. The van der Waals surface area contributed by atoms with Crippen LogP contribution in [0.5, 0.6) is 5.75 Å². The van der Waals surface area contributed by atoms with Crippen molar-refractivity contribution in [1.29, 1.82) is 5.26 Å². The van der Waals surface area contributed by atoms with E-state index < -0.39 is 29.7 Å². The summed E-state index contributed by atoms with van der Waals surface area (Å²) < 4.78 is 44.6. The average molecular weight is 373 g/mol. The van der Waals surface area contributed by atoms with Gasteiger partial charge in [0.2, 0.25) is 5.91 Å². The van der Waals surface area contributed by atoms with Crippen molar-refractivity contribution in [2.24, 2.45) is 5.92 Å². The van der Waals surface area contributed by atoms with Crippen molar-refractivity contribution in [2.45, 2.75) is 32.5 Å². The molecule has 0 aromatic heterocycles. The lowest BCUT2D eigenvalue weighted by Gasteiger charge is -2.27. The molecule has 0 aliphatic rings. The summed E-state index contributed by atoms with van der Waals surface area (Å²) in [7, 11) is 0. The average Bonchev–Trinajstić information content (AvgIpc) is 2.57. The van der Waals surface area contributed by atoms with Gasteiger partial charge in [-0.25, -0.2) is 0 Å². The van der Waals surface area contributed by atoms with Crippen molar-refractivity contribution in [3.05, 3.63) is 23.8 Å². The topological polar surface area (TPSA) is 94.4 Å². The summed E-state index contributed by atoms with van der Waals surface area (Å²) in [6, 6.07) is 5.24. The fourth-order valence-corrected chi connectivity index (χ4v) is 1.98. The summed E-state index contributed by atoms with van der Waals surface area (Å²) in [5.74, 6) is -0.820. The third-order valence-corrected chi connectivity index (χ3v) is 3.88. The van der Waals surface area contributed by atoms with Crippen molar-refractivity contribution in [1.82, 2.24) is 5.32 Å². The smallest absolute Gasteiger partial charge is 0.418 e. The molecule has 0 heterocycles. The van der Waals surface area contributed by atoms with Crippen LogP contribution in [-0.4, -0.2) is 36.3 Å². The molecule has 9 heteroatoms. The number of amides is 1. The van der Waals surface area contributed by atoms with E-state index in [2.05, 4.69) is 10.6 Å². The van der Waals surface area contributed by atoms with Gasteiger partial charge < -0.3 is 20.5 Å². The molecular weight excluding hydrogens is 351 g/mol. The number of aliphatic hydroxyl groups is 1. The lowest BCUT2D eigenvalue weighted by atomic mass is 9.90. The number of halogens is 3. The van der Waals surface area contributed by atoms with Crippen LogP contribution in [0.25, 0.3) is 0 Å². The van der Waals surface area contributed by atoms with E-state index in [1.54, 1.807) is 20.8 Å². The Morgan fingerprint density at radius 2 is 2.04 bits per heavy atom.